The number of rotatable bonds is 5. The summed E-state index contributed by atoms with van der Waals surface area (Å²) in [6.45, 7) is 1.36. The molecule has 1 aromatic rings. The van der Waals surface area contributed by atoms with Gasteiger partial charge in [0.15, 0.2) is 5.82 Å². The first-order chi connectivity index (χ1) is 7.01. The van der Waals surface area contributed by atoms with Crippen molar-refractivity contribution in [2.45, 2.75) is 19.7 Å². The molecule has 0 atom stereocenters. The average Bonchev–Trinajstić information content (AvgIpc) is 2.58. The third-order valence-corrected chi connectivity index (χ3v) is 1.42. The molecule has 0 spiro atoms. The fourth-order valence-corrected chi connectivity index (χ4v) is 0.817. The molecule has 0 aliphatic rings. The monoisotopic (exact) mass is 224 g/mol. The lowest BCUT2D eigenvalue weighted by molar-refractivity contribution is -0.115. The first-order valence-corrected chi connectivity index (χ1v) is 4.31. The summed E-state index contributed by atoms with van der Waals surface area (Å²) in [4.78, 5) is 3.75. The molecule has 0 aliphatic heterocycles. The maximum atomic E-state index is 11.8. The molecule has 5 nitrogen and oxygen atoms in total. The summed E-state index contributed by atoms with van der Waals surface area (Å²) in [5, 5.41) is 8.05. The number of hydrogen-bond acceptors (Lipinski definition) is 4. The van der Waals surface area contributed by atoms with E-state index in [1.54, 1.807) is 6.92 Å². The Morgan fingerprint density at radius 3 is 2.80 bits per heavy atom. The molecule has 0 aromatic carbocycles. The molecule has 1 rings (SSSR count). The van der Waals surface area contributed by atoms with Crippen molar-refractivity contribution in [3.05, 3.63) is 5.82 Å². The van der Waals surface area contributed by atoms with Crippen molar-refractivity contribution in [1.29, 1.82) is 0 Å². The number of H-pyrrole nitrogens is 1. The average molecular weight is 224 g/mol. The lowest BCUT2D eigenvalue weighted by Gasteiger charge is -2.05. The van der Waals surface area contributed by atoms with Crippen molar-refractivity contribution in [3.8, 4) is 0 Å². The molecule has 0 radical (unpaired) electrons. The summed E-state index contributed by atoms with van der Waals surface area (Å²) in [5.41, 5.74) is 0. The van der Waals surface area contributed by atoms with Gasteiger partial charge in [0.05, 0.1) is 0 Å². The maximum Gasteiger partial charge on any atom is 0.405 e. The van der Waals surface area contributed by atoms with Crippen molar-refractivity contribution in [2.24, 2.45) is 0 Å². The summed E-state index contributed by atoms with van der Waals surface area (Å²) in [6.07, 6.45) is -4.28. The van der Waals surface area contributed by atoms with Crippen LogP contribution in [0.5, 0.6) is 0 Å². The first-order valence-electron chi connectivity index (χ1n) is 4.31. The van der Waals surface area contributed by atoms with E-state index in [2.05, 4.69) is 15.2 Å². The van der Waals surface area contributed by atoms with Gasteiger partial charge < -0.3 is 10.1 Å². The van der Waals surface area contributed by atoms with Crippen LogP contribution in [-0.2, 0) is 11.3 Å². The Bertz CT molecular complexity index is 299. The highest BCUT2D eigenvalue weighted by Gasteiger charge is 2.27. The Hall–Kier alpha value is -1.31. The topological polar surface area (TPSA) is 62.8 Å². The summed E-state index contributed by atoms with van der Waals surface area (Å²) < 4.78 is 40.4. The second kappa shape index (κ2) is 4.96. The van der Waals surface area contributed by atoms with Gasteiger partial charge in [0, 0.05) is 6.61 Å². The minimum Gasteiger partial charge on any atom is -0.374 e. The molecular weight excluding hydrogens is 213 g/mol. The van der Waals surface area contributed by atoms with Crippen LogP contribution >= 0.6 is 0 Å². The van der Waals surface area contributed by atoms with Crippen molar-refractivity contribution in [1.82, 2.24) is 15.2 Å². The van der Waals surface area contributed by atoms with E-state index in [9.17, 15) is 13.2 Å². The van der Waals surface area contributed by atoms with Crippen molar-refractivity contribution in [2.75, 3.05) is 18.5 Å². The molecule has 0 saturated heterocycles. The highest BCUT2D eigenvalue weighted by atomic mass is 19.4. The largest absolute Gasteiger partial charge is 0.405 e. The number of alkyl halides is 3. The standard InChI is InChI=1S/C7H11F3N4O/c1-2-15-3-5-12-6(14-13-5)11-4-7(8,9)10/h2-4H2,1H3,(H2,11,12,13,14). The van der Waals surface area contributed by atoms with Crippen LogP contribution in [0, 0.1) is 0 Å². The number of ether oxygens (including phenoxy) is 1. The van der Waals surface area contributed by atoms with Gasteiger partial charge in [0.25, 0.3) is 0 Å². The molecule has 0 unspecified atom stereocenters. The third-order valence-electron chi connectivity index (χ3n) is 1.42. The molecule has 1 aromatic heterocycles. The van der Waals surface area contributed by atoms with E-state index < -0.39 is 12.7 Å². The zero-order valence-corrected chi connectivity index (χ0v) is 8.06. The Morgan fingerprint density at radius 2 is 2.20 bits per heavy atom. The van der Waals surface area contributed by atoms with E-state index in [4.69, 9.17) is 4.74 Å². The van der Waals surface area contributed by atoms with Crippen LogP contribution in [-0.4, -0.2) is 34.5 Å². The van der Waals surface area contributed by atoms with Gasteiger partial charge in [-0.25, -0.2) is 0 Å². The van der Waals surface area contributed by atoms with Crippen molar-refractivity contribution in [3.63, 3.8) is 0 Å². The predicted molar refractivity (Wildman–Crippen MR) is 46.3 cm³/mol. The number of anilines is 1. The molecule has 0 saturated carbocycles. The van der Waals surface area contributed by atoms with Gasteiger partial charge in [0.1, 0.15) is 13.2 Å². The molecule has 0 amide bonds. The third kappa shape index (κ3) is 4.63. The van der Waals surface area contributed by atoms with E-state index >= 15 is 0 Å². The number of aromatic amines is 1. The fraction of sp³-hybridized carbons (Fsp3) is 0.714. The zero-order chi connectivity index (χ0) is 11.3. The summed E-state index contributed by atoms with van der Waals surface area (Å²) >= 11 is 0. The predicted octanol–water partition coefficient (Wildman–Crippen LogP) is 1.32. The Balaban J connectivity index is 2.39. The number of hydrogen-bond donors (Lipinski definition) is 2. The van der Waals surface area contributed by atoms with E-state index in [1.165, 1.54) is 0 Å². The molecule has 0 fully saturated rings. The Kier molecular flexibility index (Phi) is 3.89. The van der Waals surface area contributed by atoms with E-state index in [0.717, 1.165) is 0 Å². The highest BCUT2D eigenvalue weighted by Crippen LogP contribution is 2.14. The summed E-state index contributed by atoms with van der Waals surface area (Å²) in [6, 6.07) is 0. The van der Waals surface area contributed by atoms with E-state index in [0.29, 0.717) is 12.4 Å². The number of aromatic nitrogens is 3. The van der Waals surface area contributed by atoms with Gasteiger partial charge >= 0.3 is 6.18 Å². The van der Waals surface area contributed by atoms with Crippen LogP contribution in [0.2, 0.25) is 0 Å². The quantitative estimate of drug-likeness (QED) is 0.791. The number of nitrogens with zero attached hydrogens (tertiary/aromatic N) is 2. The van der Waals surface area contributed by atoms with Crippen LogP contribution in [0.3, 0.4) is 0 Å². The molecule has 2 N–H and O–H groups in total. The second-order valence-corrected chi connectivity index (χ2v) is 2.71. The molecule has 1 heterocycles. The minimum atomic E-state index is -4.28. The lowest BCUT2D eigenvalue weighted by Crippen LogP contribution is -2.21. The molecular formula is C7H11F3N4O. The first kappa shape index (κ1) is 11.8. The Labute approximate surface area is 84.0 Å². The van der Waals surface area contributed by atoms with E-state index in [-0.39, 0.29) is 12.6 Å². The summed E-state index contributed by atoms with van der Waals surface area (Å²) in [5.74, 6) is 0.309. The van der Waals surface area contributed by atoms with Crippen LogP contribution < -0.4 is 5.32 Å². The van der Waals surface area contributed by atoms with Gasteiger partial charge in [-0.05, 0) is 6.92 Å². The molecule has 8 heteroatoms. The van der Waals surface area contributed by atoms with Crippen molar-refractivity contribution >= 4 is 5.95 Å². The van der Waals surface area contributed by atoms with Gasteiger partial charge in [-0.2, -0.15) is 18.2 Å². The SMILES string of the molecule is CCOCc1nc(NCC(F)(F)F)n[nH]1. The fourth-order valence-electron chi connectivity index (χ4n) is 0.817. The Morgan fingerprint density at radius 1 is 1.47 bits per heavy atom. The summed E-state index contributed by atoms with van der Waals surface area (Å²) in [7, 11) is 0. The van der Waals surface area contributed by atoms with Crippen LogP contribution in [0.1, 0.15) is 12.7 Å². The van der Waals surface area contributed by atoms with Crippen molar-refractivity contribution < 1.29 is 17.9 Å². The van der Waals surface area contributed by atoms with Gasteiger partial charge in [-0.1, -0.05) is 0 Å². The maximum absolute atomic E-state index is 11.8. The molecule has 86 valence electrons. The lowest BCUT2D eigenvalue weighted by atomic mass is 10.6. The van der Waals surface area contributed by atoms with Gasteiger partial charge in [0.2, 0.25) is 5.95 Å². The van der Waals surface area contributed by atoms with Crippen LogP contribution in [0.25, 0.3) is 0 Å². The number of halogens is 3. The van der Waals surface area contributed by atoms with Crippen LogP contribution in [0.4, 0.5) is 19.1 Å². The zero-order valence-electron chi connectivity index (χ0n) is 8.06. The van der Waals surface area contributed by atoms with E-state index in [1.807, 2.05) is 5.32 Å². The molecule has 15 heavy (non-hydrogen) atoms. The van der Waals surface area contributed by atoms with Gasteiger partial charge in [-0.15, -0.1) is 5.10 Å². The van der Waals surface area contributed by atoms with Crippen LogP contribution in [0.15, 0.2) is 0 Å². The normalized spacial score (nSPS) is 11.7. The smallest absolute Gasteiger partial charge is 0.374 e. The van der Waals surface area contributed by atoms with Gasteiger partial charge in [-0.3, -0.25) is 5.10 Å². The molecule has 0 aliphatic carbocycles. The molecule has 0 bridgehead atoms. The minimum absolute atomic E-state index is 0.0815. The second-order valence-electron chi connectivity index (χ2n) is 2.71. The number of nitrogens with one attached hydrogen (secondary N) is 2. The highest BCUT2D eigenvalue weighted by molar-refractivity contribution is 5.22.